The number of benzene rings is 1. The number of likely N-dealkylation sites (N-methyl/N-ethyl adjacent to an activating group) is 1. The molecule has 0 aromatic heterocycles. The van der Waals surface area contributed by atoms with E-state index in [4.69, 9.17) is 4.74 Å². The average Bonchev–Trinajstić information content (AvgIpc) is 2.54. The first-order chi connectivity index (χ1) is 11.5. The van der Waals surface area contributed by atoms with Gasteiger partial charge in [0, 0.05) is 18.3 Å². The molecule has 0 unspecified atom stereocenters. The van der Waals surface area contributed by atoms with Crippen molar-refractivity contribution in [2.24, 2.45) is 0 Å². The Kier molecular flexibility index (Phi) is 8.28. The van der Waals surface area contributed by atoms with E-state index in [1.54, 1.807) is 43.2 Å². The molecular formula is C16H24N4O4. The highest BCUT2D eigenvalue weighted by molar-refractivity contribution is 5.96. The highest BCUT2D eigenvalue weighted by atomic mass is 16.5. The second-order valence-electron chi connectivity index (χ2n) is 4.99. The van der Waals surface area contributed by atoms with Gasteiger partial charge in [-0.1, -0.05) is 13.0 Å². The summed E-state index contributed by atoms with van der Waals surface area (Å²) in [4.78, 5) is 36.8. The molecular weight excluding hydrogens is 312 g/mol. The monoisotopic (exact) mass is 336 g/mol. The van der Waals surface area contributed by atoms with Crippen molar-refractivity contribution in [3.8, 4) is 5.75 Å². The van der Waals surface area contributed by atoms with Crippen molar-refractivity contribution >= 4 is 23.5 Å². The Morgan fingerprint density at radius 2 is 1.83 bits per heavy atom. The minimum atomic E-state index is -0.542. The Labute approximate surface area is 141 Å². The van der Waals surface area contributed by atoms with Gasteiger partial charge in [0.15, 0.2) is 0 Å². The third kappa shape index (κ3) is 7.10. The van der Waals surface area contributed by atoms with Crippen LogP contribution >= 0.6 is 0 Å². The average molecular weight is 336 g/mol. The molecule has 0 spiro atoms. The van der Waals surface area contributed by atoms with Crippen LogP contribution in [0.4, 0.5) is 10.5 Å². The number of hydrogen-bond acceptors (Lipinski definition) is 5. The SMILES string of the molecule is CCNC(=O)NC(=O)CN(CC)CC(=O)Nc1cccc(OC)c1. The topological polar surface area (TPSA) is 99.8 Å². The normalized spacial score (nSPS) is 10.2. The van der Waals surface area contributed by atoms with Crippen LogP contribution in [0.1, 0.15) is 13.8 Å². The van der Waals surface area contributed by atoms with Crippen LogP contribution in [0.5, 0.6) is 5.75 Å². The molecule has 0 aliphatic carbocycles. The van der Waals surface area contributed by atoms with E-state index >= 15 is 0 Å². The van der Waals surface area contributed by atoms with Crippen LogP contribution in [0.3, 0.4) is 0 Å². The number of methoxy groups -OCH3 is 1. The van der Waals surface area contributed by atoms with Gasteiger partial charge in [0.1, 0.15) is 5.75 Å². The number of carbonyl (C=O) groups is 3. The smallest absolute Gasteiger partial charge is 0.321 e. The Morgan fingerprint density at radius 1 is 1.12 bits per heavy atom. The van der Waals surface area contributed by atoms with Crippen LogP contribution in [0.2, 0.25) is 0 Å². The van der Waals surface area contributed by atoms with Crippen molar-refractivity contribution in [3.63, 3.8) is 0 Å². The van der Waals surface area contributed by atoms with E-state index in [0.717, 1.165) is 0 Å². The molecule has 0 radical (unpaired) electrons. The van der Waals surface area contributed by atoms with E-state index < -0.39 is 11.9 Å². The first kappa shape index (κ1) is 19.4. The lowest BCUT2D eigenvalue weighted by Gasteiger charge is -2.19. The van der Waals surface area contributed by atoms with Crippen LogP contribution in [0.15, 0.2) is 24.3 Å². The fourth-order valence-electron chi connectivity index (χ4n) is 1.96. The van der Waals surface area contributed by atoms with Crippen LogP contribution in [0, 0.1) is 0 Å². The molecule has 1 aromatic rings. The van der Waals surface area contributed by atoms with Gasteiger partial charge in [0.05, 0.1) is 20.2 Å². The maximum absolute atomic E-state index is 12.1. The fourth-order valence-corrected chi connectivity index (χ4v) is 1.96. The molecule has 0 aliphatic heterocycles. The molecule has 24 heavy (non-hydrogen) atoms. The van der Waals surface area contributed by atoms with Gasteiger partial charge in [-0.2, -0.15) is 0 Å². The van der Waals surface area contributed by atoms with Crippen LogP contribution in [0.25, 0.3) is 0 Å². The number of amides is 4. The molecule has 4 amide bonds. The summed E-state index contributed by atoms with van der Waals surface area (Å²) in [5.74, 6) is -0.0747. The van der Waals surface area contributed by atoms with Crippen molar-refractivity contribution in [1.82, 2.24) is 15.5 Å². The molecule has 132 valence electrons. The third-order valence-corrected chi connectivity index (χ3v) is 3.13. The van der Waals surface area contributed by atoms with Gasteiger partial charge in [-0.15, -0.1) is 0 Å². The molecule has 0 atom stereocenters. The van der Waals surface area contributed by atoms with E-state index in [-0.39, 0.29) is 19.0 Å². The summed E-state index contributed by atoms with van der Waals surface area (Å²) in [5, 5.41) is 7.42. The number of anilines is 1. The van der Waals surface area contributed by atoms with Crippen molar-refractivity contribution < 1.29 is 19.1 Å². The first-order valence-corrected chi connectivity index (χ1v) is 7.72. The van der Waals surface area contributed by atoms with Gasteiger partial charge in [0.2, 0.25) is 11.8 Å². The van der Waals surface area contributed by atoms with E-state index in [1.807, 2.05) is 6.92 Å². The summed E-state index contributed by atoms with van der Waals surface area (Å²) in [5.41, 5.74) is 0.613. The lowest BCUT2D eigenvalue weighted by atomic mass is 10.3. The Hall–Kier alpha value is -2.61. The van der Waals surface area contributed by atoms with E-state index in [2.05, 4.69) is 16.0 Å². The highest BCUT2D eigenvalue weighted by Crippen LogP contribution is 2.16. The van der Waals surface area contributed by atoms with E-state index in [1.165, 1.54) is 0 Å². The number of nitrogens with zero attached hydrogens (tertiary/aromatic N) is 1. The first-order valence-electron chi connectivity index (χ1n) is 7.72. The lowest BCUT2D eigenvalue weighted by Crippen LogP contribution is -2.46. The van der Waals surface area contributed by atoms with Gasteiger partial charge in [-0.3, -0.25) is 19.8 Å². The molecule has 8 nitrogen and oxygen atoms in total. The number of hydrogen-bond donors (Lipinski definition) is 3. The largest absolute Gasteiger partial charge is 0.497 e. The van der Waals surface area contributed by atoms with Crippen LogP contribution in [-0.4, -0.2) is 56.0 Å². The van der Waals surface area contributed by atoms with Gasteiger partial charge in [-0.05, 0) is 25.6 Å². The maximum Gasteiger partial charge on any atom is 0.321 e. The molecule has 0 aliphatic rings. The third-order valence-electron chi connectivity index (χ3n) is 3.13. The predicted molar refractivity (Wildman–Crippen MR) is 91.0 cm³/mol. The zero-order chi connectivity index (χ0) is 17.9. The van der Waals surface area contributed by atoms with Crippen molar-refractivity contribution in [1.29, 1.82) is 0 Å². The second-order valence-corrected chi connectivity index (χ2v) is 4.99. The van der Waals surface area contributed by atoms with Crippen LogP contribution in [-0.2, 0) is 9.59 Å². The summed E-state index contributed by atoms with van der Waals surface area (Å²) >= 11 is 0. The summed E-state index contributed by atoms with van der Waals surface area (Å²) in [6.45, 7) is 4.51. The zero-order valence-electron chi connectivity index (χ0n) is 14.2. The molecule has 1 rings (SSSR count). The Morgan fingerprint density at radius 3 is 2.46 bits per heavy atom. The fraction of sp³-hybridized carbons (Fsp3) is 0.438. The van der Waals surface area contributed by atoms with E-state index in [9.17, 15) is 14.4 Å². The summed E-state index contributed by atoms with van der Waals surface area (Å²) in [6.07, 6.45) is 0. The summed E-state index contributed by atoms with van der Waals surface area (Å²) < 4.78 is 5.10. The summed E-state index contributed by atoms with van der Waals surface area (Å²) in [6, 6.07) is 6.46. The molecule has 1 aromatic carbocycles. The standard InChI is InChI=1S/C16H24N4O4/c1-4-17-16(23)19-15(22)11-20(5-2)10-14(21)18-12-7-6-8-13(9-12)24-3/h6-9H,4-5,10-11H2,1-3H3,(H,18,21)(H2,17,19,22,23). The number of rotatable bonds is 8. The number of imide groups is 1. The lowest BCUT2D eigenvalue weighted by molar-refractivity contribution is -0.122. The predicted octanol–water partition coefficient (Wildman–Crippen LogP) is 0.801. The highest BCUT2D eigenvalue weighted by Gasteiger charge is 2.15. The number of urea groups is 1. The molecule has 0 heterocycles. The van der Waals surface area contributed by atoms with Crippen molar-refractivity contribution in [2.45, 2.75) is 13.8 Å². The molecule has 0 saturated carbocycles. The Balaban J connectivity index is 2.50. The number of nitrogens with one attached hydrogen (secondary N) is 3. The van der Waals surface area contributed by atoms with Gasteiger partial charge in [-0.25, -0.2) is 4.79 Å². The molecule has 3 N–H and O–H groups in total. The maximum atomic E-state index is 12.1. The molecule has 0 fully saturated rings. The molecule has 8 heteroatoms. The quantitative estimate of drug-likeness (QED) is 0.652. The second kappa shape index (κ2) is 10.2. The van der Waals surface area contributed by atoms with Gasteiger partial charge < -0.3 is 15.4 Å². The van der Waals surface area contributed by atoms with Crippen molar-refractivity contribution in [2.75, 3.05) is 38.6 Å². The van der Waals surface area contributed by atoms with Gasteiger partial charge in [0.25, 0.3) is 0 Å². The number of carbonyl (C=O) groups excluding carboxylic acids is 3. The minimum Gasteiger partial charge on any atom is -0.497 e. The van der Waals surface area contributed by atoms with E-state index in [0.29, 0.717) is 24.5 Å². The molecule has 0 saturated heterocycles. The zero-order valence-corrected chi connectivity index (χ0v) is 14.2. The molecule has 0 bridgehead atoms. The van der Waals surface area contributed by atoms with Gasteiger partial charge >= 0.3 is 6.03 Å². The van der Waals surface area contributed by atoms with Crippen LogP contribution < -0.4 is 20.7 Å². The Bertz CT molecular complexity index is 577. The van der Waals surface area contributed by atoms with Crippen molar-refractivity contribution in [3.05, 3.63) is 24.3 Å². The minimum absolute atomic E-state index is 0.0382. The summed E-state index contributed by atoms with van der Waals surface area (Å²) in [7, 11) is 1.55. The number of ether oxygens (including phenoxy) is 1.